The molecule has 0 bridgehead atoms. The van der Waals surface area contributed by atoms with E-state index < -0.39 is 0 Å². The summed E-state index contributed by atoms with van der Waals surface area (Å²) in [5.41, 5.74) is 0. The summed E-state index contributed by atoms with van der Waals surface area (Å²) in [6.07, 6.45) is 17.3. The molecule has 0 saturated heterocycles. The average Bonchev–Trinajstić information content (AvgIpc) is 2.35. The minimum absolute atomic E-state index is 1.36. The molecule has 0 spiro atoms. The van der Waals surface area contributed by atoms with Crippen LogP contribution in [0, 0.1) is 0 Å². The summed E-state index contributed by atoms with van der Waals surface area (Å²) in [4.78, 5) is 0. The fraction of sp³-hybridized carbons (Fsp3) is 1.00. The van der Waals surface area contributed by atoms with Gasteiger partial charge in [0.25, 0.3) is 0 Å². The fourth-order valence-electron chi connectivity index (χ4n) is 2.07. The molecule has 0 N–H and O–H groups in total. The first-order valence-electron chi connectivity index (χ1n) is 7.99. The summed E-state index contributed by atoms with van der Waals surface area (Å²) in [6, 6.07) is 0. The summed E-state index contributed by atoms with van der Waals surface area (Å²) in [5.74, 6) is 2.80. The van der Waals surface area contributed by atoms with Gasteiger partial charge in [0.1, 0.15) is 0 Å². The lowest BCUT2D eigenvalue weighted by molar-refractivity contribution is 0.586. The van der Waals surface area contributed by atoms with Crippen LogP contribution in [0.2, 0.25) is 0 Å². The van der Waals surface area contributed by atoms with Gasteiger partial charge in [-0.1, -0.05) is 78.1 Å². The fourth-order valence-corrected chi connectivity index (χ4v) is 3.09. The normalized spacial score (nSPS) is 10.9. The van der Waals surface area contributed by atoms with Gasteiger partial charge in [-0.2, -0.15) is 11.8 Å². The lowest BCUT2D eigenvalue weighted by Gasteiger charge is -2.02. The zero-order valence-corrected chi connectivity index (χ0v) is 13.1. The molecule has 0 aromatic rings. The molecule has 0 heterocycles. The summed E-state index contributed by atoms with van der Waals surface area (Å²) in [5, 5.41) is 0. The van der Waals surface area contributed by atoms with Gasteiger partial charge in [-0.25, -0.2) is 0 Å². The maximum absolute atomic E-state index is 2.29. The van der Waals surface area contributed by atoms with Crippen molar-refractivity contribution in [2.75, 3.05) is 11.5 Å². The molecule has 0 aliphatic rings. The van der Waals surface area contributed by atoms with Crippen LogP contribution in [0.3, 0.4) is 0 Å². The molecule has 0 atom stereocenters. The Bertz CT molecular complexity index is 109. The Kier molecular flexibility index (Phi) is 16.7. The lowest BCUT2D eigenvalue weighted by atomic mass is 10.1. The second-order valence-corrected chi connectivity index (χ2v) is 6.37. The van der Waals surface area contributed by atoms with Crippen molar-refractivity contribution in [1.82, 2.24) is 0 Å². The molecule has 0 saturated carbocycles. The van der Waals surface area contributed by atoms with Crippen molar-refractivity contribution in [2.24, 2.45) is 0 Å². The Labute approximate surface area is 114 Å². The van der Waals surface area contributed by atoms with Crippen LogP contribution < -0.4 is 0 Å². The first-order chi connectivity index (χ1) is 8.41. The number of unbranched alkanes of at least 4 members (excludes halogenated alkanes) is 10. The third-order valence-corrected chi connectivity index (χ3v) is 4.44. The van der Waals surface area contributed by atoms with Crippen LogP contribution in [-0.2, 0) is 0 Å². The first-order valence-corrected chi connectivity index (χ1v) is 9.15. The molecule has 0 fully saturated rings. The van der Waals surface area contributed by atoms with Crippen molar-refractivity contribution in [3.05, 3.63) is 0 Å². The molecule has 0 radical (unpaired) electrons. The molecule has 0 aromatic heterocycles. The number of hydrogen-bond donors (Lipinski definition) is 0. The number of thioether (sulfide) groups is 1. The third kappa shape index (κ3) is 16.4. The Morgan fingerprint density at radius 3 is 1.29 bits per heavy atom. The van der Waals surface area contributed by atoms with E-state index in [1.165, 1.54) is 88.6 Å². The van der Waals surface area contributed by atoms with Gasteiger partial charge in [0, 0.05) is 0 Å². The number of rotatable bonds is 14. The van der Waals surface area contributed by atoms with Gasteiger partial charge in [0.05, 0.1) is 0 Å². The standard InChI is InChI=1S/C16H34S/c1-3-5-7-9-10-11-12-14-16-17-15-13-8-6-4-2/h3-16H2,1-2H3. The molecular formula is C16H34S. The molecule has 0 rings (SSSR count). The van der Waals surface area contributed by atoms with Crippen molar-refractivity contribution in [3.8, 4) is 0 Å². The van der Waals surface area contributed by atoms with E-state index in [1.807, 2.05) is 0 Å². The van der Waals surface area contributed by atoms with Gasteiger partial charge in [0.15, 0.2) is 0 Å². The van der Waals surface area contributed by atoms with E-state index in [9.17, 15) is 0 Å². The molecule has 1 heteroatoms. The smallest absolute Gasteiger partial charge is 0.00675 e. The molecule has 0 aliphatic carbocycles. The maximum atomic E-state index is 2.29. The maximum Gasteiger partial charge on any atom is -0.00675 e. The quantitative estimate of drug-likeness (QED) is 0.323. The second kappa shape index (κ2) is 16.4. The Balaban J connectivity index is 2.85. The van der Waals surface area contributed by atoms with E-state index in [0.717, 1.165) is 0 Å². The number of hydrogen-bond acceptors (Lipinski definition) is 1. The van der Waals surface area contributed by atoms with E-state index in [-0.39, 0.29) is 0 Å². The van der Waals surface area contributed by atoms with Crippen molar-refractivity contribution in [3.63, 3.8) is 0 Å². The molecule has 0 nitrogen and oxygen atoms in total. The van der Waals surface area contributed by atoms with Gasteiger partial charge in [0.2, 0.25) is 0 Å². The zero-order valence-electron chi connectivity index (χ0n) is 12.3. The van der Waals surface area contributed by atoms with E-state index in [1.54, 1.807) is 0 Å². The summed E-state index contributed by atoms with van der Waals surface area (Å²) >= 11 is 2.18. The van der Waals surface area contributed by atoms with Crippen LogP contribution in [-0.4, -0.2) is 11.5 Å². The first kappa shape index (κ1) is 17.4. The van der Waals surface area contributed by atoms with E-state index in [4.69, 9.17) is 0 Å². The molecule has 0 aliphatic heterocycles. The lowest BCUT2D eigenvalue weighted by Crippen LogP contribution is -1.86. The summed E-state index contributed by atoms with van der Waals surface area (Å²) in [6.45, 7) is 4.57. The minimum atomic E-state index is 1.36. The van der Waals surface area contributed by atoms with Crippen LogP contribution in [0.15, 0.2) is 0 Å². The van der Waals surface area contributed by atoms with Crippen LogP contribution in [0.4, 0.5) is 0 Å². The summed E-state index contributed by atoms with van der Waals surface area (Å²) in [7, 11) is 0. The Morgan fingerprint density at radius 1 is 0.471 bits per heavy atom. The third-order valence-electron chi connectivity index (χ3n) is 3.28. The molecule has 0 amide bonds. The minimum Gasteiger partial charge on any atom is -0.162 e. The predicted molar refractivity (Wildman–Crippen MR) is 84.1 cm³/mol. The molecule has 17 heavy (non-hydrogen) atoms. The van der Waals surface area contributed by atoms with Gasteiger partial charge >= 0.3 is 0 Å². The highest BCUT2D eigenvalue weighted by Gasteiger charge is 1.93. The van der Waals surface area contributed by atoms with Gasteiger partial charge < -0.3 is 0 Å². The van der Waals surface area contributed by atoms with Gasteiger partial charge in [-0.05, 0) is 24.3 Å². The van der Waals surface area contributed by atoms with Crippen molar-refractivity contribution in [1.29, 1.82) is 0 Å². The SMILES string of the molecule is CCCCCCCCCCSCCCCCC. The van der Waals surface area contributed by atoms with Gasteiger partial charge in [-0.3, -0.25) is 0 Å². The van der Waals surface area contributed by atoms with Gasteiger partial charge in [-0.15, -0.1) is 0 Å². The van der Waals surface area contributed by atoms with Crippen LogP contribution >= 0.6 is 11.8 Å². The summed E-state index contributed by atoms with van der Waals surface area (Å²) < 4.78 is 0. The monoisotopic (exact) mass is 258 g/mol. The molecular weight excluding hydrogens is 224 g/mol. The van der Waals surface area contributed by atoms with Crippen LogP contribution in [0.5, 0.6) is 0 Å². The molecule has 104 valence electrons. The van der Waals surface area contributed by atoms with E-state index in [2.05, 4.69) is 25.6 Å². The highest BCUT2D eigenvalue weighted by Crippen LogP contribution is 2.13. The van der Waals surface area contributed by atoms with Crippen molar-refractivity contribution < 1.29 is 0 Å². The van der Waals surface area contributed by atoms with Crippen molar-refractivity contribution >= 4 is 11.8 Å². The highest BCUT2D eigenvalue weighted by molar-refractivity contribution is 7.99. The van der Waals surface area contributed by atoms with Crippen LogP contribution in [0.25, 0.3) is 0 Å². The van der Waals surface area contributed by atoms with Crippen LogP contribution in [0.1, 0.15) is 90.9 Å². The highest BCUT2D eigenvalue weighted by atomic mass is 32.2. The predicted octanol–water partition coefficient (Wildman–Crippen LogP) is 6.44. The largest absolute Gasteiger partial charge is 0.162 e. The van der Waals surface area contributed by atoms with E-state index in [0.29, 0.717) is 0 Å². The molecule has 0 aromatic carbocycles. The Morgan fingerprint density at radius 2 is 0.824 bits per heavy atom. The zero-order chi connectivity index (χ0) is 12.6. The van der Waals surface area contributed by atoms with Crippen molar-refractivity contribution in [2.45, 2.75) is 90.9 Å². The topological polar surface area (TPSA) is 0 Å². The second-order valence-electron chi connectivity index (χ2n) is 5.15. The Hall–Kier alpha value is 0.350. The molecule has 0 unspecified atom stereocenters. The van der Waals surface area contributed by atoms with E-state index >= 15 is 0 Å². The average molecular weight is 259 g/mol.